The maximum Gasteiger partial charge on any atom is 0.249 e. The monoisotopic (exact) mass is 217 g/mol. The average molecular weight is 217 g/mol. The highest BCUT2D eigenvalue weighted by Gasteiger charge is 2.59. The lowest BCUT2D eigenvalue weighted by Gasteiger charge is -2.44. The summed E-state index contributed by atoms with van der Waals surface area (Å²) in [7, 11) is 0. The molecule has 0 radical (unpaired) electrons. The van der Waals surface area contributed by atoms with E-state index in [1.807, 2.05) is 13.8 Å². The molecule has 0 unspecified atom stereocenters. The normalized spacial score (nSPS) is 27.1. The van der Waals surface area contributed by atoms with Crippen LogP contribution in [0.1, 0.15) is 33.1 Å². The molecule has 86 valence electrons. The van der Waals surface area contributed by atoms with E-state index >= 15 is 0 Å². The van der Waals surface area contributed by atoms with Gasteiger partial charge in [0.05, 0.1) is 0 Å². The lowest BCUT2D eigenvalue weighted by Crippen LogP contribution is -2.48. The Morgan fingerprint density at radius 3 is 2.40 bits per heavy atom. The van der Waals surface area contributed by atoms with E-state index < -0.39 is 5.92 Å². The lowest BCUT2D eigenvalue weighted by molar-refractivity contribution is -0.159. The summed E-state index contributed by atoms with van der Waals surface area (Å²) in [6, 6.07) is 0. The maximum atomic E-state index is 12.8. The molecule has 0 bridgehead atoms. The van der Waals surface area contributed by atoms with Gasteiger partial charge >= 0.3 is 0 Å². The van der Waals surface area contributed by atoms with Gasteiger partial charge in [-0.1, -0.05) is 13.8 Å². The SMILES string of the molecule is CC(C)C(=O)N1CCC2(C1)CC(F)(F)C2. The Hall–Kier alpha value is -0.670. The summed E-state index contributed by atoms with van der Waals surface area (Å²) < 4.78 is 25.6. The molecule has 0 aromatic rings. The third kappa shape index (κ3) is 1.86. The van der Waals surface area contributed by atoms with Crippen molar-refractivity contribution in [3.8, 4) is 0 Å². The molecule has 1 spiro atoms. The number of rotatable bonds is 1. The molecule has 1 saturated heterocycles. The zero-order chi connectivity index (χ0) is 11.3. The van der Waals surface area contributed by atoms with Crippen molar-refractivity contribution in [2.45, 2.75) is 39.0 Å². The van der Waals surface area contributed by atoms with Gasteiger partial charge in [-0.05, 0) is 6.42 Å². The summed E-state index contributed by atoms with van der Waals surface area (Å²) in [5.41, 5.74) is -0.256. The molecule has 0 aromatic carbocycles. The molecule has 15 heavy (non-hydrogen) atoms. The van der Waals surface area contributed by atoms with Gasteiger partial charge in [0.15, 0.2) is 0 Å². The van der Waals surface area contributed by atoms with Gasteiger partial charge in [0.25, 0.3) is 0 Å². The molecule has 0 N–H and O–H groups in total. The van der Waals surface area contributed by atoms with Crippen molar-refractivity contribution in [3.63, 3.8) is 0 Å². The average Bonchev–Trinajstić information content (AvgIpc) is 2.45. The maximum absolute atomic E-state index is 12.8. The van der Waals surface area contributed by atoms with Crippen LogP contribution >= 0.6 is 0 Å². The van der Waals surface area contributed by atoms with Crippen LogP contribution in [-0.2, 0) is 4.79 Å². The second-order valence-electron chi connectivity index (χ2n) is 5.37. The van der Waals surface area contributed by atoms with Crippen LogP contribution in [0.25, 0.3) is 0 Å². The molecule has 2 nitrogen and oxygen atoms in total. The second kappa shape index (κ2) is 3.16. The first-order valence-corrected chi connectivity index (χ1v) is 5.50. The van der Waals surface area contributed by atoms with Crippen molar-refractivity contribution in [1.82, 2.24) is 4.90 Å². The Labute approximate surface area is 88.6 Å². The molecule has 1 aliphatic heterocycles. The highest BCUT2D eigenvalue weighted by molar-refractivity contribution is 5.78. The van der Waals surface area contributed by atoms with Gasteiger partial charge in [-0.2, -0.15) is 0 Å². The number of halogens is 2. The number of carbonyl (C=O) groups excluding carboxylic acids is 1. The number of likely N-dealkylation sites (tertiary alicyclic amines) is 1. The van der Waals surface area contributed by atoms with Crippen LogP contribution in [-0.4, -0.2) is 29.8 Å². The third-order valence-corrected chi connectivity index (χ3v) is 3.51. The van der Waals surface area contributed by atoms with Gasteiger partial charge in [-0.25, -0.2) is 8.78 Å². The Morgan fingerprint density at radius 2 is 1.93 bits per heavy atom. The van der Waals surface area contributed by atoms with Crippen molar-refractivity contribution >= 4 is 5.91 Å². The van der Waals surface area contributed by atoms with Crippen molar-refractivity contribution in [2.24, 2.45) is 11.3 Å². The van der Waals surface area contributed by atoms with Crippen molar-refractivity contribution < 1.29 is 13.6 Å². The highest BCUT2D eigenvalue weighted by atomic mass is 19.3. The zero-order valence-electron chi connectivity index (χ0n) is 9.22. The summed E-state index contributed by atoms with van der Waals surface area (Å²) in [6.07, 6.45) is 0.699. The van der Waals surface area contributed by atoms with Crippen molar-refractivity contribution in [2.75, 3.05) is 13.1 Å². The molecule has 0 atom stereocenters. The summed E-state index contributed by atoms with van der Waals surface area (Å²) in [6.45, 7) is 4.90. The first-order valence-electron chi connectivity index (χ1n) is 5.50. The highest BCUT2D eigenvalue weighted by Crippen LogP contribution is 2.56. The van der Waals surface area contributed by atoms with Crippen LogP contribution in [0.5, 0.6) is 0 Å². The number of hydrogen-bond acceptors (Lipinski definition) is 1. The summed E-state index contributed by atoms with van der Waals surface area (Å²) in [4.78, 5) is 13.4. The Bertz CT molecular complexity index is 280. The van der Waals surface area contributed by atoms with Crippen LogP contribution in [0.2, 0.25) is 0 Å². The minimum Gasteiger partial charge on any atom is -0.342 e. The molecule has 2 aliphatic rings. The molecule has 1 saturated carbocycles. The molecule has 0 aromatic heterocycles. The number of alkyl halides is 2. The molecule has 2 fully saturated rings. The van der Waals surface area contributed by atoms with Gasteiger partial charge in [0.2, 0.25) is 11.8 Å². The Balaban J connectivity index is 1.94. The molecular weight excluding hydrogens is 200 g/mol. The van der Waals surface area contributed by atoms with Crippen LogP contribution in [0, 0.1) is 11.3 Å². The molecule has 1 aliphatic carbocycles. The standard InChI is InChI=1S/C11H17F2NO/c1-8(2)9(15)14-4-3-10(7-14)5-11(12,13)6-10/h8H,3-7H2,1-2H3. The van der Waals surface area contributed by atoms with E-state index in [0.29, 0.717) is 13.1 Å². The first-order chi connectivity index (χ1) is 6.84. The van der Waals surface area contributed by atoms with E-state index in [1.54, 1.807) is 4.90 Å². The first kappa shape index (κ1) is 10.8. The van der Waals surface area contributed by atoms with E-state index in [1.165, 1.54) is 0 Å². The minimum absolute atomic E-state index is 0.0259. The number of amides is 1. The fourth-order valence-electron chi connectivity index (χ4n) is 2.82. The third-order valence-electron chi connectivity index (χ3n) is 3.51. The molecular formula is C11H17F2NO. The van der Waals surface area contributed by atoms with Crippen molar-refractivity contribution in [1.29, 1.82) is 0 Å². The van der Waals surface area contributed by atoms with Gasteiger partial charge in [-0.3, -0.25) is 4.79 Å². The quantitative estimate of drug-likeness (QED) is 0.660. The van der Waals surface area contributed by atoms with E-state index in [0.717, 1.165) is 6.42 Å². The van der Waals surface area contributed by atoms with Crippen LogP contribution in [0.15, 0.2) is 0 Å². The van der Waals surface area contributed by atoms with Crippen LogP contribution < -0.4 is 0 Å². The Morgan fingerprint density at radius 1 is 1.33 bits per heavy atom. The Kier molecular flexibility index (Phi) is 2.28. The van der Waals surface area contributed by atoms with Gasteiger partial charge in [-0.15, -0.1) is 0 Å². The van der Waals surface area contributed by atoms with Crippen LogP contribution in [0.4, 0.5) is 8.78 Å². The number of hydrogen-bond donors (Lipinski definition) is 0. The summed E-state index contributed by atoms with van der Waals surface area (Å²) >= 11 is 0. The van der Waals surface area contributed by atoms with Crippen LogP contribution in [0.3, 0.4) is 0 Å². The van der Waals surface area contributed by atoms with E-state index in [9.17, 15) is 13.6 Å². The predicted octanol–water partition coefficient (Wildman–Crippen LogP) is 2.29. The molecule has 1 amide bonds. The van der Waals surface area contributed by atoms with Crippen molar-refractivity contribution in [3.05, 3.63) is 0 Å². The fourth-order valence-corrected chi connectivity index (χ4v) is 2.82. The smallest absolute Gasteiger partial charge is 0.249 e. The number of nitrogens with zero attached hydrogens (tertiary/aromatic N) is 1. The molecule has 4 heteroatoms. The minimum atomic E-state index is -2.48. The predicted molar refractivity (Wildman–Crippen MR) is 52.6 cm³/mol. The van der Waals surface area contributed by atoms with E-state index in [-0.39, 0.29) is 30.1 Å². The zero-order valence-corrected chi connectivity index (χ0v) is 9.22. The lowest BCUT2D eigenvalue weighted by atomic mass is 9.65. The van der Waals surface area contributed by atoms with E-state index in [4.69, 9.17) is 0 Å². The summed E-state index contributed by atoms with van der Waals surface area (Å²) in [5.74, 6) is -2.40. The largest absolute Gasteiger partial charge is 0.342 e. The fraction of sp³-hybridized carbons (Fsp3) is 0.909. The number of carbonyl (C=O) groups is 1. The topological polar surface area (TPSA) is 20.3 Å². The van der Waals surface area contributed by atoms with Gasteiger partial charge in [0.1, 0.15) is 0 Å². The second-order valence-corrected chi connectivity index (χ2v) is 5.37. The van der Waals surface area contributed by atoms with Gasteiger partial charge in [0, 0.05) is 37.3 Å². The van der Waals surface area contributed by atoms with E-state index in [2.05, 4.69) is 0 Å². The summed E-state index contributed by atoms with van der Waals surface area (Å²) in [5, 5.41) is 0. The molecule has 1 heterocycles. The van der Waals surface area contributed by atoms with Gasteiger partial charge < -0.3 is 4.90 Å². The molecule has 2 rings (SSSR count).